The molecule has 5 nitrogen and oxygen atoms in total. The number of likely N-dealkylation sites (tertiary alicyclic amines) is 1. The molecule has 8 heteroatoms. The second-order valence-electron chi connectivity index (χ2n) is 10.2. The van der Waals surface area contributed by atoms with Crippen LogP contribution in [-0.4, -0.2) is 26.6 Å². The van der Waals surface area contributed by atoms with Crippen LogP contribution in [0.1, 0.15) is 40.3 Å². The zero-order chi connectivity index (χ0) is 29.0. The Bertz CT molecular complexity index is 1550. The van der Waals surface area contributed by atoms with Crippen molar-refractivity contribution in [3.05, 3.63) is 133 Å². The van der Waals surface area contributed by atoms with Gasteiger partial charge in [-0.15, -0.1) is 11.8 Å². The molecule has 2 atom stereocenters. The van der Waals surface area contributed by atoms with Crippen LogP contribution in [-0.2, 0) is 29.3 Å². The molecule has 1 heterocycles. The number of nitrogens with zero attached hydrogens (tertiary/aromatic N) is 1. The number of rotatable bonds is 9. The lowest BCUT2D eigenvalue weighted by molar-refractivity contribution is -0.129. The third kappa shape index (κ3) is 6.48. The van der Waals surface area contributed by atoms with E-state index in [0.717, 1.165) is 36.3 Å². The smallest absolute Gasteiger partial charge is 0.239 e. The van der Waals surface area contributed by atoms with E-state index in [1.54, 1.807) is 4.90 Å². The van der Waals surface area contributed by atoms with Crippen molar-refractivity contribution in [3.8, 4) is 0 Å². The number of hydrogen-bond donors (Lipinski definition) is 2. The highest BCUT2D eigenvalue weighted by Gasteiger charge is 2.58. The summed E-state index contributed by atoms with van der Waals surface area (Å²) in [5.74, 6) is -0.319. The minimum atomic E-state index is -1.16. The van der Waals surface area contributed by atoms with Crippen LogP contribution >= 0.6 is 46.0 Å². The number of aryl methyl sites for hydroxylation is 1. The molecule has 0 unspecified atom stereocenters. The zero-order valence-electron chi connectivity index (χ0n) is 22.5. The maximum atomic E-state index is 14.5. The molecule has 0 aromatic heterocycles. The summed E-state index contributed by atoms with van der Waals surface area (Å²) in [6, 6.07) is 30.4. The molecule has 4 aromatic rings. The summed E-state index contributed by atoms with van der Waals surface area (Å²) in [4.78, 5) is 31.2. The molecule has 0 spiro atoms. The summed E-state index contributed by atoms with van der Waals surface area (Å²) in [5.41, 5.74) is 4.54. The Morgan fingerprint density at radius 3 is 2.41 bits per heavy atom. The lowest BCUT2D eigenvalue weighted by Gasteiger charge is -2.37. The largest absolute Gasteiger partial charge is 0.392 e. The van der Waals surface area contributed by atoms with Gasteiger partial charge >= 0.3 is 0 Å². The van der Waals surface area contributed by atoms with Crippen LogP contribution in [0.4, 0.5) is 0 Å². The number of nitrogens with one attached hydrogen (secondary N) is 1. The maximum Gasteiger partial charge on any atom is 0.239 e. The number of hydrogen-bond acceptors (Lipinski definition) is 4. The Labute approximate surface area is 263 Å². The minimum absolute atomic E-state index is 0.0269. The predicted molar refractivity (Wildman–Crippen MR) is 172 cm³/mol. The molecule has 0 radical (unpaired) electrons. The van der Waals surface area contributed by atoms with E-state index < -0.39 is 10.8 Å². The highest BCUT2D eigenvalue weighted by molar-refractivity contribution is 14.1. The normalized spacial score (nSPS) is 18.5. The van der Waals surface area contributed by atoms with Gasteiger partial charge in [-0.2, -0.15) is 0 Å². The van der Waals surface area contributed by atoms with Crippen molar-refractivity contribution in [1.29, 1.82) is 0 Å². The second kappa shape index (κ2) is 13.0. The Kier molecular flexibility index (Phi) is 9.38. The van der Waals surface area contributed by atoms with Crippen LogP contribution in [0.25, 0.3) is 0 Å². The van der Waals surface area contributed by atoms with Crippen LogP contribution in [0.5, 0.6) is 0 Å². The van der Waals surface area contributed by atoms with Gasteiger partial charge in [-0.05, 0) is 76.0 Å². The molecule has 1 aliphatic heterocycles. The topological polar surface area (TPSA) is 69.6 Å². The van der Waals surface area contributed by atoms with Crippen molar-refractivity contribution in [2.45, 2.75) is 48.7 Å². The summed E-state index contributed by atoms with van der Waals surface area (Å²) < 4.78 is -0.286. The highest BCUT2D eigenvalue weighted by Crippen LogP contribution is 2.54. The molecule has 41 heavy (non-hydrogen) atoms. The molecule has 210 valence electrons. The number of halogens is 2. The molecule has 1 saturated heterocycles. The Morgan fingerprint density at radius 1 is 1.02 bits per heavy atom. The molecule has 1 aliphatic rings. The van der Waals surface area contributed by atoms with E-state index in [1.807, 2.05) is 104 Å². The minimum Gasteiger partial charge on any atom is -0.392 e. The zero-order valence-corrected chi connectivity index (χ0v) is 26.2. The number of carbonyl (C=O) groups excluding carboxylic acids is 2. The fourth-order valence-corrected chi connectivity index (χ4v) is 7.69. The van der Waals surface area contributed by atoms with E-state index in [1.165, 1.54) is 11.8 Å². The molecule has 1 fully saturated rings. The van der Waals surface area contributed by atoms with Crippen molar-refractivity contribution >= 4 is 57.8 Å². The van der Waals surface area contributed by atoms with Gasteiger partial charge in [0, 0.05) is 26.6 Å². The summed E-state index contributed by atoms with van der Waals surface area (Å²) in [5, 5.41) is 13.5. The monoisotopic (exact) mass is 696 g/mol. The van der Waals surface area contributed by atoms with Crippen LogP contribution in [0.3, 0.4) is 0 Å². The van der Waals surface area contributed by atoms with Crippen LogP contribution in [0, 0.1) is 10.5 Å². The van der Waals surface area contributed by atoms with Gasteiger partial charge in [0.05, 0.1) is 19.1 Å². The molecule has 0 bridgehead atoms. The van der Waals surface area contributed by atoms with Gasteiger partial charge < -0.3 is 15.3 Å². The number of thioether (sulfide) groups is 1. The van der Waals surface area contributed by atoms with E-state index in [9.17, 15) is 14.7 Å². The summed E-state index contributed by atoms with van der Waals surface area (Å²) >= 11 is 10.2. The van der Waals surface area contributed by atoms with Gasteiger partial charge in [-0.1, -0.05) is 90.0 Å². The van der Waals surface area contributed by atoms with Crippen LogP contribution in [0.2, 0.25) is 5.02 Å². The van der Waals surface area contributed by atoms with Gasteiger partial charge in [-0.25, -0.2) is 0 Å². The first kappa shape index (κ1) is 29.6. The molecule has 2 N–H and O–H groups in total. The van der Waals surface area contributed by atoms with Gasteiger partial charge in [0.2, 0.25) is 11.8 Å². The molecule has 4 aromatic carbocycles. The molecule has 0 saturated carbocycles. The van der Waals surface area contributed by atoms with Crippen LogP contribution in [0.15, 0.2) is 102 Å². The standard InChI is InChI=1S/C33H30ClIN2O3S/c1-22-11-14-26(15-12-22)41-33(32(40)36-19-23-7-3-2-4-8-23)18-30(39)37(20-25-9-5-6-10-28(25)34)31(33)27-16-13-24(21-38)17-29(27)35/h2-17,31,38H,18-21H2,1H3,(H,36,40)/t31-,33-/m1/s1. The molecule has 0 aliphatic carbocycles. The average Bonchev–Trinajstić information content (AvgIpc) is 3.25. The second-order valence-corrected chi connectivity index (χ2v) is 13.2. The SMILES string of the molecule is Cc1ccc(S[C@]2(C(=O)NCc3ccccc3)CC(=O)N(Cc3ccccc3Cl)[C@@H]2c2ccc(CO)cc2I)cc1. The van der Waals surface area contributed by atoms with E-state index >= 15 is 0 Å². The third-order valence-corrected chi connectivity index (χ3v) is 10.1. The molecular weight excluding hydrogens is 667 g/mol. The number of aliphatic hydroxyl groups excluding tert-OH is 1. The molecule has 2 amide bonds. The number of benzene rings is 4. The van der Waals surface area contributed by atoms with E-state index in [2.05, 4.69) is 27.9 Å². The van der Waals surface area contributed by atoms with Gasteiger partial charge in [0.15, 0.2) is 0 Å². The first-order valence-corrected chi connectivity index (χ1v) is 15.6. The average molecular weight is 697 g/mol. The van der Waals surface area contributed by atoms with Crippen molar-refractivity contribution in [1.82, 2.24) is 10.2 Å². The lowest BCUT2D eigenvalue weighted by atomic mass is 9.90. The Hall–Kier alpha value is -2.85. The van der Waals surface area contributed by atoms with Crippen molar-refractivity contribution < 1.29 is 14.7 Å². The summed E-state index contributed by atoms with van der Waals surface area (Å²) in [7, 11) is 0. The van der Waals surface area contributed by atoms with Gasteiger partial charge in [0.25, 0.3) is 0 Å². The summed E-state index contributed by atoms with van der Waals surface area (Å²) in [6.45, 7) is 2.55. The predicted octanol–water partition coefficient (Wildman–Crippen LogP) is 7.07. The third-order valence-electron chi connectivity index (χ3n) is 7.33. The highest BCUT2D eigenvalue weighted by atomic mass is 127. The van der Waals surface area contributed by atoms with E-state index in [0.29, 0.717) is 11.6 Å². The van der Waals surface area contributed by atoms with E-state index in [4.69, 9.17) is 11.6 Å². The quantitative estimate of drug-likeness (QED) is 0.184. The number of amides is 2. The lowest BCUT2D eigenvalue weighted by Crippen LogP contribution is -2.48. The van der Waals surface area contributed by atoms with Crippen molar-refractivity contribution in [2.75, 3.05) is 0 Å². The first-order chi connectivity index (χ1) is 19.8. The van der Waals surface area contributed by atoms with E-state index in [-0.39, 0.29) is 31.4 Å². The maximum absolute atomic E-state index is 14.5. The summed E-state index contributed by atoms with van der Waals surface area (Å²) in [6.07, 6.45) is 0.0269. The Balaban J connectivity index is 1.64. The fraction of sp³-hybridized carbons (Fsp3) is 0.212. The fourth-order valence-electron chi connectivity index (χ4n) is 5.21. The van der Waals surface area contributed by atoms with Crippen LogP contribution < -0.4 is 5.32 Å². The number of aliphatic hydroxyl groups is 1. The van der Waals surface area contributed by atoms with Crippen molar-refractivity contribution in [2.24, 2.45) is 0 Å². The molecular formula is C33H30ClIN2O3S. The van der Waals surface area contributed by atoms with Gasteiger partial charge in [0.1, 0.15) is 4.75 Å². The first-order valence-electron chi connectivity index (χ1n) is 13.3. The number of carbonyl (C=O) groups is 2. The van der Waals surface area contributed by atoms with Gasteiger partial charge in [-0.3, -0.25) is 9.59 Å². The molecule has 5 rings (SSSR count). The van der Waals surface area contributed by atoms with Crippen molar-refractivity contribution in [3.63, 3.8) is 0 Å². The Morgan fingerprint density at radius 2 is 1.73 bits per heavy atom.